The van der Waals surface area contributed by atoms with Crippen molar-refractivity contribution in [2.45, 2.75) is 45.1 Å². The molecule has 0 spiro atoms. The lowest BCUT2D eigenvalue weighted by molar-refractivity contribution is -0.123. The Morgan fingerprint density at radius 1 is 1.58 bits per heavy atom. The van der Waals surface area contributed by atoms with Crippen LogP contribution in [-0.4, -0.2) is 27.5 Å². The minimum atomic E-state index is -0.713. The molecule has 2 rings (SSSR count). The molecule has 1 aromatic rings. The Labute approximate surface area is 113 Å². The summed E-state index contributed by atoms with van der Waals surface area (Å²) in [6.45, 7) is 2.47. The van der Waals surface area contributed by atoms with Crippen LogP contribution in [0, 0.1) is 11.8 Å². The van der Waals surface area contributed by atoms with Crippen LogP contribution in [0.25, 0.3) is 0 Å². The van der Waals surface area contributed by atoms with Gasteiger partial charge in [-0.25, -0.2) is 4.98 Å². The van der Waals surface area contributed by atoms with Gasteiger partial charge in [-0.2, -0.15) is 0 Å². The van der Waals surface area contributed by atoms with Crippen molar-refractivity contribution in [2.75, 3.05) is 6.54 Å². The first-order valence-electron chi connectivity index (χ1n) is 7.10. The number of nitrogens with one attached hydrogen (secondary N) is 2. The second kappa shape index (κ2) is 6.70. The number of H-pyrrole nitrogens is 1. The van der Waals surface area contributed by atoms with Crippen LogP contribution in [0.5, 0.6) is 0 Å². The molecule has 3 N–H and O–H groups in total. The number of aliphatic hydroxyl groups excluding tert-OH is 1. The van der Waals surface area contributed by atoms with E-state index in [4.69, 9.17) is 0 Å². The number of carbonyl (C=O) groups is 1. The molecule has 0 aromatic carbocycles. The van der Waals surface area contributed by atoms with E-state index in [1.54, 1.807) is 6.20 Å². The highest BCUT2D eigenvalue weighted by molar-refractivity contribution is 5.76. The third-order valence-corrected chi connectivity index (χ3v) is 4.11. The topological polar surface area (TPSA) is 78.0 Å². The van der Waals surface area contributed by atoms with Gasteiger partial charge in [0.25, 0.3) is 0 Å². The average molecular weight is 265 g/mol. The van der Waals surface area contributed by atoms with Crippen molar-refractivity contribution in [3.05, 3.63) is 18.2 Å². The third-order valence-electron chi connectivity index (χ3n) is 4.11. The molecule has 1 aromatic heterocycles. The molecule has 1 saturated carbocycles. The van der Waals surface area contributed by atoms with Crippen LogP contribution >= 0.6 is 0 Å². The largest absolute Gasteiger partial charge is 0.385 e. The van der Waals surface area contributed by atoms with Gasteiger partial charge in [0.05, 0.1) is 18.2 Å². The van der Waals surface area contributed by atoms with Gasteiger partial charge in [0, 0.05) is 13.0 Å². The van der Waals surface area contributed by atoms with Gasteiger partial charge in [-0.1, -0.05) is 26.2 Å². The van der Waals surface area contributed by atoms with Crippen LogP contribution in [0.4, 0.5) is 0 Å². The second-order valence-corrected chi connectivity index (χ2v) is 5.55. The monoisotopic (exact) mass is 265 g/mol. The van der Waals surface area contributed by atoms with Crippen molar-refractivity contribution in [3.63, 3.8) is 0 Å². The predicted molar refractivity (Wildman–Crippen MR) is 72.3 cm³/mol. The highest BCUT2D eigenvalue weighted by atomic mass is 16.3. The zero-order valence-corrected chi connectivity index (χ0v) is 11.4. The Kier molecular flexibility index (Phi) is 4.96. The van der Waals surface area contributed by atoms with Gasteiger partial charge >= 0.3 is 0 Å². The minimum absolute atomic E-state index is 0.0392. The molecule has 1 amide bonds. The van der Waals surface area contributed by atoms with Crippen molar-refractivity contribution in [1.29, 1.82) is 0 Å². The molecule has 5 heteroatoms. The predicted octanol–water partition coefficient (Wildman–Crippen LogP) is 1.78. The van der Waals surface area contributed by atoms with E-state index in [0.717, 1.165) is 6.42 Å². The van der Waals surface area contributed by atoms with Crippen molar-refractivity contribution < 1.29 is 9.90 Å². The molecule has 0 aliphatic heterocycles. The second-order valence-electron chi connectivity index (χ2n) is 5.55. The van der Waals surface area contributed by atoms with Crippen LogP contribution in [-0.2, 0) is 4.79 Å². The van der Waals surface area contributed by atoms with Gasteiger partial charge in [0.15, 0.2) is 0 Å². The summed E-state index contributed by atoms with van der Waals surface area (Å²) in [5.41, 5.74) is 0.631. The highest BCUT2D eigenvalue weighted by Gasteiger charge is 2.23. The molecule has 5 nitrogen and oxygen atoms in total. The van der Waals surface area contributed by atoms with Crippen molar-refractivity contribution >= 4 is 5.91 Å². The standard InChI is InChI=1S/C14H23N3O2/c1-10-4-2-3-5-11(10)6-14(19)16-8-13(18)12-7-15-9-17-12/h7,9-11,13,18H,2-6,8H2,1H3,(H,15,17)(H,16,19). The van der Waals surface area contributed by atoms with E-state index < -0.39 is 6.10 Å². The molecule has 3 unspecified atom stereocenters. The highest BCUT2D eigenvalue weighted by Crippen LogP contribution is 2.31. The average Bonchev–Trinajstić information content (AvgIpc) is 2.93. The first kappa shape index (κ1) is 14.1. The number of amides is 1. The Morgan fingerprint density at radius 2 is 2.37 bits per heavy atom. The van der Waals surface area contributed by atoms with Gasteiger partial charge in [0.2, 0.25) is 5.91 Å². The number of carbonyl (C=O) groups excluding carboxylic acids is 1. The molecule has 1 fully saturated rings. The van der Waals surface area contributed by atoms with Crippen molar-refractivity contribution in [3.8, 4) is 0 Å². The zero-order chi connectivity index (χ0) is 13.7. The van der Waals surface area contributed by atoms with Crippen LogP contribution in [0.2, 0.25) is 0 Å². The summed E-state index contributed by atoms with van der Waals surface area (Å²) < 4.78 is 0. The summed E-state index contributed by atoms with van der Waals surface area (Å²) in [6, 6.07) is 0. The first-order chi connectivity index (χ1) is 9.16. The molecule has 3 atom stereocenters. The summed E-state index contributed by atoms with van der Waals surface area (Å²) in [6.07, 6.45) is 7.86. The Hall–Kier alpha value is -1.36. The number of rotatable bonds is 5. The Balaban J connectivity index is 1.72. The Bertz CT molecular complexity index is 391. The van der Waals surface area contributed by atoms with E-state index in [1.165, 1.54) is 25.6 Å². The number of nitrogens with zero attached hydrogens (tertiary/aromatic N) is 1. The molecule has 0 radical (unpaired) electrons. The first-order valence-corrected chi connectivity index (χ1v) is 7.10. The van der Waals surface area contributed by atoms with E-state index >= 15 is 0 Å². The van der Waals surface area contributed by atoms with Crippen molar-refractivity contribution in [1.82, 2.24) is 15.3 Å². The van der Waals surface area contributed by atoms with Gasteiger partial charge in [-0.15, -0.1) is 0 Å². The summed E-state index contributed by atoms with van der Waals surface area (Å²) in [7, 11) is 0. The van der Waals surface area contributed by atoms with Crippen LogP contribution in [0.15, 0.2) is 12.5 Å². The minimum Gasteiger partial charge on any atom is -0.385 e. The SMILES string of the molecule is CC1CCCCC1CC(=O)NCC(O)c1cnc[nH]1. The maximum absolute atomic E-state index is 11.9. The van der Waals surface area contributed by atoms with E-state index in [0.29, 0.717) is 24.0 Å². The molecule has 1 aliphatic rings. The maximum Gasteiger partial charge on any atom is 0.220 e. The van der Waals surface area contributed by atoms with E-state index in [-0.39, 0.29) is 12.5 Å². The lowest BCUT2D eigenvalue weighted by atomic mass is 9.78. The van der Waals surface area contributed by atoms with Gasteiger partial charge in [-0.3, -0.25) is 4.79 Å². The third kappa shape index (κ3) is 4.06. The van der Waals surface area contributed by atoms with Gasteiger partial charge in [-0.05, 0) is 18.3 Å². The van der Waals surface area contributed by atoms with E-state index in [2.05, 4.69) is 22.2 Å². The fraction of sp³-hybridized carbons (Fsp3) is 0.714. The van der Waals surface area contributed by atoms with E-state index in [1.807, 2.05) is 0 Å². The molecule has 19 heavy (non-hydrogen) atoms. The number of imidazole rings is 1. The summed E-state index contributed by atoms with van der Waals surface area (Å²) in [5, 5.41) is 12.6. The molecule has 0 saturated heterocycles. The summed E-state index contributed by atoms with van der Waals surface area (Å²) >= 11 is 0. The van der Waals surface area contributed by atoms with Crippen LogP contribution in [0.3, 0.4) is 0 Å². The molecule has 106 valence electrons. The Morgan fingerprint density at radius 3 is 3.05 bits per heavy atom. The lowest BCUT2D eigenvalue weighted by Crippen LogP contribution is -2.32. The summed E-state index contributed by atoms with van der Waals surface area (Å²) in [4.78, 5) is 18.6. The van der Waals surface area contributed by atoms with Crippen LogP contribution < -0.4 is 5.32 Å². The smallest absolute Gasteiger partial charge is 0.220 e. The lowest BCUT2D eigenvalue weighted by Gasteiger charge is -2.28. The van der Waals surface area contributed by atoms with Gasteiger partial charge < -0.3 is 15.4 Å². The van der Waals surface area contributed by atoms with E-state index in [9.17, 15) is 9.90 Å². The zero-order valence-electron chi connectivity index (χ0n) is 11.4. The summed E-state index contributed by atoms with van der Waals surface area (Å²) in [5.74, 6) is 1.17. The fourth-order valence-corrected chi connectivity index (χ4v) is 2.78. The molecular weight excluding hydrogens is 242 g/mol. The molecule has 0 bridgehead atoms. The number of hydrogen-bond donors (Lipinski definition) is 3. The van der Waals surface area contributed by atoms with Crippen molar-refractivity contribution in [2.24, 2.45) is 11.8 Å². The van der Waals surface area contributed by atoms with Gasteiger partial charge in [0.1, 0.15) is 6.10 Å². The molecular formula is C14H23N3O2. The normalized spacial score (nSPS) is 24.9. The number of hydrogen-bond acceptors (Lipinski definition) is 3. The quantitative estimate of drug-likeness (QED) is 0.759. The molecule has 1 heterocycles. The number of aromatic nitrogens is 2. The fourth-order valence-electron chi connectivity index (χ4n) is 2.78. The molecule has 1 aliphatic carbocycles. The van der Waals surface area contributed by atoms with Crippen LogP contribution in [0.1, 0.15) is 50.8 Å². The maximum atomic E-state index is 11.9. The number of aromatic amines is 1. The number of aliphatic hydroxyl groups is 1.